The van der Waals surface area contributed by atoms with E-state index in [1.807, 2.05) is 28.5 Å². The molecule has 3 rings (SSSR count). The normalized spacial score (nSPS) is 14.7. The number of ether oxygens (including phenoxy) is 2. The summed E-state index contributed by atoms with van der Waals surface area (Å²) in [7, 11) is 1.60. The molecule has 0 radical (unpaired) electrons. The fourth-order valence-corrected chi connectivity index (χ4v) is 3.14. The summed E-state index contributed by atoms with van der Waals surface area (Å²) < 4.78 is 10.7. The first-order valence-electron chi connectivity index (χ1n) is 7.45. The van der Waals surface area contributed by atoms with Crippen LogP contribution in [0.25, 0.3) is 0 Å². The van der Waals surface area contributed by atoms with Gasteiger partial charge in [-0.15, -0.1) is 11.3 Å². The number of thiazole rings is 1. The zero-order valence-corrected chi connectivity index (χ0v) is 13.8. The molecule has 1 aliphatic rings. The summed E-state index contributed by atoms with van der Waals surface area (Å²) in [6, 6.07) is 7.27. The van der Waals surface area contributed by atoms with Crippen LogP contribution in [0.1, 0.15) is 0 Å². The van der Waals surface area contributed by atoms with Crippen LogP contribution in [0, 0.1) is 0 Å². The van der Waals surface area contributed by atoms with Crippen molar-refractivity contribution in [1.82, 2.24) is 9.88 Å². The average molecular weight is 333 g/mol. The number of anilines is 1. The van der Waals surface area contributed by atoms with E-state index in [0.29, 0.717) is 24.6 Å². The molecule has 0 N–H and O–H groups in total. The Hall–Kier alpha value is -2.28. The van der Waals surface area contributed by atoms with Gasteiger partial charge in [0, 0.05) is 43.8 Å². The molecule has 0 unspecified atom stereocenters. The van der Waals surface area contributed by atoms with Crippen LogP contribution in [0.4, 0.5) is 5.13 Å². The number of hydrogen-bond acceptors (Lipinski definition) is 6. The summed E-state index contributed by atoms with van der Waals surface area (Å²) in [5.41, 5.74) is 0. The lowest BCUT2D eigenvalue weighted by Gasteiger charge is -2.34. The predicted octanol–water partition coefficient (Wildman–Crippen LogP) is 1.88. The lowest BCUT2D eigenvalue weighted by molar-refractivity contribution is -0.133. The number of nitrogens with zero attached hydrogens (tertiary/aromatic N) is 3. The highest BCUT2D eigenvalue weighted by molar-refractivity contribution is 7.13. The van der Waals surface area contributed by atoms with Gasteiger partial charge in [0.25, 0.3) is 5.91 Å². The van der Waals surface area contributed by atoms with Gasteiger partial charge in [0.15, 0.2) is 11.7 Å². The monoisotopic (exact) mass is 333 g/mol. The molecule has 6 nitrogen and oxygen atoms in total. The molecule has 1 aromatic carbocycles. The molecular formula is C16H19N3O3S. The Bertz CT molecular complexity index is 640. The summed E-state index contributed by atoms with van der Waals surface area (Å²) in [6.45, 7) is 3.04. The Morgan fingerprint density at radius 2 is 2.04 bits per heavy atom. The first-order valence-corrected chi connectivity index (χ1v) is 8.33. The van der Waals surface area contributed by atoms with Gasteiger partial charge in [-0.05, 0) is 12.1 Å². The Balaban J connectivity index is 1.48. The third-order valence-electron chi connectivity index (χ3n) is 3.73. The van der Waals surface area contributed by atoms with E-state index in [9.17, 15) is 4.79 Å². The maximum Gasteiger partial charge on any atom is 0.260 e. The van der Waals surface area contributed by atoms with Crippen LogP contribution in [0.15, 0.2) is 35.8 Å². The van der Waals surface area contributed by atoms with Crippen LogP contribution in [-0.4, -0.2) is 55.7 Å². The predicted molar refractivity (Wildman–Crippen MR) is 89.4 cm³/mol. The number of carbonyl (C=O) groups is 1. The molecule has 2 aromatic rings. The molecule has 7 heteroatoms. The highest BCUT2D eigenvalue weighted by Gasteiger charge is 2.22. The van der Waals surface area contributed by atoms with Crippen LogP contribution in [0.3, 0.4) is 0 Å². The van der Waals surface area contributed by atoms with Gasteiger partial charge >= 0.3 is 0 Å². The smallest absolute Gasteiger partial charge is 0.260 e. The molecule has 1 aromatic heterocycles. The molecule has 122 valence electrons. The standard InChI is InChI=1S/C16H19N3O3S/c1-21-13-3-2-4-14(11-13)22-12-15(20)18-6-8-19(9-7-18)16-17-5-10-23-16/h2-5,10-11H,6-9,12H2,1H3. The summed E-state index contributed by atoms with van der Waals surface area (Å²) in [4.78, 5) is 20.6. The van der Waals surface area contributed by atoms with E-state index in [4.69, 9.17) is 9.47 Å². The number of benzene rings is 1. The average Bonchev–Trinajstić information content (AvgIpc) is 3.14. The number of hydrogen-bond donors (Lipinski definition) is 0. The molecule has 1 saturated heterocycles. The molecule has 0 saturated carbocycles. The lowest BCUT2D eigenvalue weighted by Crippen LogP contribution is -2.50. The minimum Gasteiger partial charge on any atom is -0.497 e. The zero-order valence-electron chi connectivity index (χ0n) is 13.0. The van der Waals surface area contributed by atoms with E-state index >= 15 is 0 Å². The molecule has 23 heavy (non-hydrogen) atoms. The Morgan fingerprint density at radius 1 is 1.26 bits per heavy atom. The summed E-state index contributed by atoms with van der Waals surface area (Å²) >= 11 is 1.62. The molecule has 0 spiro atoms. The van der Waals surface area contributed by atoms with Crippen molar-refractivity contribution in [2.24, 2.45) is 0 Å². The van der Waals surface area contributed by atoms with Crippen molar-refractivity contribution >= 4 is 22.4 Å². The second-order valence-electron chi connectivity index (χ2n) is 5.15. The maximum absolute atomic E-state index is 12.3. The Labute approximate surface area is 139 Å². The van der Waals surface area contributed by atoms with Crippen LogP contribution >= 0.6 is 11.3 Å². The van der Waals surface area contributed by atoms with Gasteiger partial charge in [0.2, 0.25) is 0 Å². The van der Waals surface area contributed by atoms with E-state index in [1.54, 1.807) is 30.7 Å². The quantitative estimate of drug-likeness (QED) is 0.836. The fourth-order valence-electron chi connectivity index (χ4n) is 2.45. The third kappa shape index (κ3) is 3.92. The first kappa shape index (κ1) is 15.6. The van der Waals surface area contributed by atoms with Crippen LogP contribution in [0.2, 0.25) is 0 Å². The van der Waals surface area contributed by atoms with Crippen molar-refractivity contribution in [3.8, 4) is 11.5 Å². The molecule has 1 aliphatic heterocycles. The Morgan fingerprint density at radius 3 is 2.74 bits per heavy atom. The van der Waals surface area contributed by atoms with Crippen molar-refractivity contribution < 1.29 is 14.3 Å². The second kappa shape index (κ2) is 7.32. The molecule has 0 atom stereocenters. The largest absolute Gasteiger partial charge is 0.497 e. The lowest BCUT2D eigenvalue weighted by atomic mass is 10.3. The molecule has 0 bridgehead atoms. The fraction of sp³-hybridized carbons (Fsp3) is 0.375. The van der Waals surface area contributed by atoms with Crippen molar-refractivity contribution in [2.75, 3.05) is 44.8 Å². The summed E-state index contributed by atoms with van der Waals surface area (Å²) in [6.07, 6.45) is 1.81. The molecular weight excluding hydrogens is 314 g/mol. The summed E-state index contributed by atoms with van der Waals surface area (Å²) in [5.74, 6) is 1.36. The highest BCUT2D eigenvalue weighted by atomic mass is 32.1. The van der Waals surface area contributed by atoms with Crippen molar-refractivity contribution in [2.45, 2.75) is 0 Å². The van der Waals surface area contributed by atoms with Gasteiger partial charge < -0.3 is 19.3 Å². The van der Waals surface area contributed by atoms with E-state index < -0.39 is 0 Å². The number of rotatable bonds is 5. The number of methoxy groups -OCH3 is 1. The topological polar surface area (TPSA) is 54.9 Å². The third-order valence-corrected chi connectivity index (χ3v) is 4.56. The van der Waals surface area contributed by atoms with Gasteiger partial charge in [-0.1, -0.05) is 6.07 Å². The Kier molecular flexibility index (Phi) is 4.97. The molecule has 2 heterocycles. The molecule has 1 fully saturated rings. The highest BCUT2D eigenvalue weighted by Crippen LogP contribution is 2.20. The minimum absolute atomic E-state index is 0.00612. The van der Waals surface area contributed by atoms with Crippen molar-refractivity contribution in [3.63, 3.8) is 0 Å². The zero-order chi connectivity index (χ0) is 16.1. The molecule has 0 aliphatic carbocycles. The van der Waals surface area contributed by atoms with Gasteiger partial charge in [0.05, 0.1) is 7.11 Å². The van der Waals surface area contributed by atoms with Crippen LogP contribution < -0.4 is 14.4 Å². The molecule has 1 amide bonds. The SMILES string of the molecule is COc1cccc(OCC(=O)N2CCN(c3nccs3)CC2)c1. The van der Waals surface area contributed by atoms with E-state index in [2.05, 4.69) is 9.88 Å². The maximum atomic E-state index is 12.3. The second-order valence-corrected chi connectivity index (χ2v) is 6.02. The number of piperazine rings is 1. The van der Waals surface area contributed by atoms with Crippen molar-refractivity contribution in [1.29, 1.82) is 0 Å². The number of amides is 1. The van der Waals surface area contributed by atoms with Gasteiger partial charge in [-0.2, -0.15) is 0 Å². The van der Waals surface area contributed by atoms with Crippen LogP contribution in [0.5, 0.6) is 11.5 Å². The van der Waals surface area contributed by atoms with E-state index in [-0.39, 0.29) is 12.5 Å². The van der Waals surface area contributed by atoms with Gasteiger partial charge in [-0.3, -0.25) is 4.79 Å². The van der Waals surface area contributed by atoms with Gasteiger partial charge in [-0.25, -0.2) is 4.98 Å². The summed E-state index contributed by atoms with van der Waals surface area (Å²) in [5, 5.41) is 2.99. The number of aromatic nitrogens is 1. The first-order chi connectivity index (χ1) is 11.3. The van der Waals surface area contributed by atoms with Crippen LogP contribution in [-0.2, 0) is 4.79 Å². The van der Waals surface area contributed by atoms with Gasteiger partial charge in [0.1, 0.15) is 11.5 Å². The number of carbonyl (C=O) groups excluding carboxylic acids is 1. The van der Waals surface area contributed by atoms with E-state index in [1.165, 1.54) is 0 Å². The van der Waals surface area contributed by atoms with Crippen molar-refractivity contribution in [3.05, 3.63) is 35.8 Å². The van der Waals surface area contributed by atoms with E-state index in [0.717, 1.165) is 18.2 Å². The minimum atomic E-state index is 0.00612.